The highest BCUT2D eigenvalue weighted by atomic mass is 31.2. The zero-order valence-electron chi connectivity index (χ0n) is 43.4. The molecule has 0 bridgehead atoms. The molecule has 1 fully saturated rings. The van der Waals surface area contributed by atoms with E-state index in [0.717, 1.165) is 55.4 Å². The molecule has 0 amide bonds. The molecule has 1 saturated carbocycles. The van der Waals surface area contributed by atoms with Crippen molar-refractivity contribution < 1.29 is 168 Å². The predicted molar refractivity (Wildman–Crippen MR) is 241 cm³/mol. The fourth-order valence-corrected chi connectivity index (χ4v) is 9.47. The Balaban J connectivity index is 4.99. The quantitative estimate of drug-likeness (QED) is 0.0368. The molecule has 0 radical (unpaired) electrons. The highest BCUT2D eigenvalue weighted by molar-refractivity contribution is 7.49. The molecular weight excluding hydrogens is 1160 g/mol. The average Bonchev–Trinajstić information content (AvgIpc) is 3.29. The number of carbonyl (C=O) groups is 10. The van der Waals surface area contributed by atoms with Gasteiger partial charge in [-0.05, 0) is 12.8 Å². The van der Waals surface area contributed by atoms with Gasteiger partial charge in [-0.15, -0.1) is 0 Å². The number of hydrogen-bond acceptors (Lipinski definition) is 36. The van der Waals surface area contributed by atoms with E-state index in [0.29, 0.717) is 0 Å². The van der Waals surface area contributed by atoms with Crippen molar-refractivity contribution in [1.29, 1.82) is 0 Å². The summed E-state index contributed by atoms with van der Waals surface area (Å²) in [6, 6.07) is 0. The normalized spacial score (nSPS) is 18.5. The summed E-state index contributed by atoms with van der Waals surface area (Å²) in [4.78, 5) is 123. The molecule has 78 heavy (non-hydrogen) atoms. The maximum absolute atomic E-state index is 14.9. The van der Waals surface area contributed by atoms with Crippen LogP contribution in [0, 0.1) is 0 Å². The van der Waals surface area contributed by atoms with Gasteiger partial charge in [0.05, 0.1) is 0 Å². The lowest BCUT2D eigenvalue weighted by atomic mass is 9.84. The van der Waals surface area contributed by atoms with Crippen molar-refractivity contribution in [2.24, 2.45) is 0 Å². The van der Waals surface area contributed by atoms with E-state index < -0.39 is 195 Å². The average molecular weight is 1220 g/mol. The lowest BCUT2D eigenvalue weighted by Gasteiger charge is -2.49. The van der Waals surface area contributed by atoms with Crippen molar-refractivity contribution in [3.05, 3.63) is 0 Å². The van der Waals surface area contributed by atoms with E-state index >= 15 is 0 Å². The third-order valence-electron chi connectivity index (χ3n) is 8.17. The molecule has 0 N–H and O–H groups in total. The first-order chi connectivity index (χ1) is 36.4. The molecule has 2 unspecified atom stereocenters. The van der Waals surface area contributed by atoms with Crippen LogP contribution in [0.25, 0.3) is 0 Å². The van der Waals surface area contributed by atoms with Gasteiger partial charge in [0.15, 0.2) is 12.2 Å². The molecule has 6 atom stereocenters. The Labute approximate surface area is 444 Å². The number of hydrogen-bond donors (Lipinski definition) is 0. The van der Waals surface area contributed by atoms with Crippen LogP contribution < -0.4 is 0 Å². The Kier molecular flexibility index (Phi) is 32.6. The number of phosphoric acid groups is 4. The molecule has 1 aliphatic carbocycles. The molecule has 0 aliphatic heterocycles. The van der Waals surface area contributed by atoms with E-state index in [-0.39, 0.29) is 12.8 Å². The predicted octanol–water partition coefficient (Wildman–Crippen LogP) is 3.69. The Morgan fingerprint density at radius 2 is 0.436 bits per heavy atom. The minimum absolute atomic E-state index is 0.0696. The third kappa shape index (κ3) is 29.4. The molecular formula is C38H60O36P4. The fourth-order valence-electron chi connectivity index (χ4n) is 5.08. The monoisotopic (exact) mass is 1220 g/mol. The SMILES string of the molecule is CCCC(=O)O[C@@H]1C(OP(=O)(OCOC(C)=O)OCOC(C)=O)[C@@H](OC(=O)CCC)[C@@H](OP(=O)(OCOC(C)=O)OCOC(C)=O)C(OP(=O)(OCOC(C)=O)OCOC(C)=O)[C@H]1OP(=O)(OCOC(C)=O)OCOC(C)=O. The van der Waals surface area contributed by atoms with E-state index in [1.165, 1.54) is 13.8 Å². The highest BCUT2D eigenvalue weighted by Crippen LogP contribution is 2.61. The standard InChI is InChI=1S/C38H60O36P4/c1-11-13-31(47)69-33-35(71-75(49,61-15-53-23(3)39)62-16-54-24(4)40)34(70-32(48)14-12-2)37(73-77(51,65-19-57-27(7)43)66-20-58-28(8)44)38(74-78(52,67-21-59-29(9)45)68-22-60-30(10)46)36(33)72-76(50,63-17-55-25(5)41)64-18-56-26(6)42/h33-38H,11-22H2,1-10H3/t33-,34-,35?,36-,37+,38?/m1/s1. The molecule has 0 aromatic rings. The Bertz CT molecular complexity index is 2050. The number of phosphoric ester groups is 4. The summed E-state index contributed by atoms with van der Waals surface area (Å²) in [5, 5.41) is 0. The van der Waals surface area contributed by atoms with Crippen molar-refractivity contribution in [3.8, 4) is 0 Å². The number of esters is 10. The van der Waals surface area contributed by atoms with Crippen LogP contribution in [0.4, 0.5) is 0 Å². The van der Waals surface area contributed by atoms with E-state index in [4.69, 9.17) is 102 Å². The van der Waals surface area contributed by atoms with Gasteiger partial charge in [0.25, 0.3) is 0 Å². The number of rotatable bonds is 38. The molecule has 0 saturated heterocycles. The summed E-state index contributed by atoms with van der Waals surface area (Å²) < 4.78 is 173. The lowest BCUT2D eigenvalue weighted by Crippen LogP contribution is -2.67. The van der Waals surface area contributed by atoms with Gasteiger partial charge in [-0.1, -0.05) is 13.8 Å². The lowest BCUT2D eigenvalue weighted by molar-refractivity contribution is -0.236. The Morgan fingerprint density at radius 3 is 0.590 bits per heavy atom. The summed E-state index contributed by atoms with van der Waals surface area (Å²) in [7, 11) is -23.3. The number of carbonyl (C=O) groups excluding carboxylic acids is 10. The first-order valence-electron chi connectivity index (χ1n) is 22.2. The Morgan fingerprint density at radius 1 is 0.282 bits per heavy atom. The molecule has 0 spiro atoms. The van der Waals surface area contributed by atoms with Gasteiger partial charge in [0.2, 0.25) is 54.3 Å². The third-order valence-corrected chi connectivity index (χ3v) is 13.6. The van der Waals surface area contributed by atoms with E-state index in [2.05, 4.69) is 0 Å². The maximum atomic E-state index is 14.9. The summed E-state index contributed by atoms with van der Waals surface area (Å²) >= 11 is 0. The van der Waals surface area contributed by atoms with Crippen LogP contribution >= 0.6 is 31.3 Å². The van der Waals surface area contributed by atoms with E-state index in [1.807, 2.05) is 0 Å². The van der Waals surface area contributed by atoms with Gasteiger partial charge in [-0.25, -0.2) is 54.5 Å². The molecule has 36 nitrogen and oxygen atoms in total. The van der Waals surface area contributed by atoms with Crippen molar-refractivity contribution >= 4 is 91.0 Å². The molecule has 0 aromatic carbocycles. The van der Waals surface area contributed by atoms with Gasteiger partial charge < -0.3 is 47.4 Å². The second kappa shape index (κ2) is 35.7. The molecule has 40 heteroatoms. The van der Waals surface area contributed by atoms with E-state index in [1.54, 1.807) is 0 Å². The molecule has 0 heterocycles. The molecule has 1 rings (SSSR count). The smallest absolute Gasteiger partial charge is 0.456 e. The van der Waals surface area contributed by atoms with Crippen molar-refractivity contribution in [1.82, 2.24) is 0 Å². The largest absolute Gasteiger partial charge is 0.481 e. The molecule has 0 aromatic heterocycles. The summed E-state index contributed by atoms with van der Waals surface area (Å²) in [5.41, 5.74) is 0. The fraction of sp³-hybridized carbons (Fsp3) is 0.737. The van der Waals surface area contributed by atoms with Crippen LogP contribution in [0.5, 0.6) is 0 Å². The van der Waals surface area contributed by atoms with Crippen molar-refractivity contribution in [3.63, 3.8) is 0 Å². The maximum Gasteiger partial charge on any atom is 0.481 e. The second-order valence-electron chi connectivity index (χ2n) is 14.5. The van der Waals surface area contributed by atoms with Crippen LogP contribution in [0.3, 0.4) is 0 Å². The van der Waals surface area contributed by atoms with Crippen LogP contribution in [0.1, 0.15) is 94.9 Å². The zero-order chi connectivity index (χ0) is 59.3. The van der Waals surface area contributed by atoms with Gasteiger partial charge >= 0.3 is 91.0 Å². The van der Waals surface area contributed by atoms with Crippen LogP contribution in [-0.2, 0) is 168 Å². The van der Waals surface area contributed by atoms with Crippen LogP contribution in [-0.4, -0.2) is 151 Å². The molecule has 1 aliphatic rings. The summed E-state index contributed by atoms with van der Waals surface area (Å²) in [6.45, 7) is -1.50. The van der Waals surface area contributed by atoms with Gasteiger partial charge in [0.1, 0.15) is 24.4 Å². The first-order valence-corrected chi connectivity index (χ1v) is 28.0. The second-order valence-corrected chi connectivity index (χ2v) is 21.0. The molecule has 448 valence electrons. The zero-order valence-corrected chi connectivity index (χ0v) is 47.0. The summed E-state index contributed by atoms with van der Waals surface area (Å²) in [5.74, 6) is -11.6. The van der Waals surface area contributed by atoms with Gasteiger partial charge in [-0.3, -0.25) is 66.0 Å². The number of ether oxygens (including phenoxy) is 10. The van der Waals surface area contributed by atoms with E-state index in [9.17, 15) is 66.2 Å². The van der Waals surface area contributed by atoms with Crippen molar-refractivity contribution in [2.45, 2.75) is 132 Å². The Hall–Kier alpha value is -4.86. The topological polar surface area (TPSA) is 442 Å². The minimum Gasteiger partial charge on any atom is -0.456 e. The minimum atomic E-state index is -5.86. The van der Waals surface area contributed by atoms with Gasteiger partial charge in [0, 0.05) is 68.2 Å². The van der Waals surface area contributed by atoms with Crippen LogP contribution in [0.15, 0.2) is 0 Å². The van der Waals surface area contributed by atoms with Gasteiger partial charge in [-0.2, -0.15) is 0 Å². The summed E-state index contributed by atoms with van der Waals surface area (Å²) in [6.07, 6.45) is -18.5. The van der Waals surface area contributed by atoms with Crippen LogP contribution in [0.2, 0.25) is 0 Å². The highest BCUT2D eigenvalue weighted by Gasteiger charge is 2.64. The van der Waals surface area contributed by atoms with Crippen molar-refractivity contribution in [2.75, 3.05) is 54.3 Å². The first kappa shape index (κ1) is 71.2.